The van der Waals surface area contributed by atoms with Gasteiger partial charge in [-0.2, -0.15) is 0 Å². The van der Waals surface area contributed by atoms with E-state index in [1.165, 1.54) is 0 Å². The van der Waals surface area contributed by atoms with Gasteiger partial charge in [-0.3, -0.25) is 10.2 Å². The van der Waals surface area contributed by atoms with Gasteiger partial charge >= 0.3 is 0 Å². The van der Waals surface area contributed by atoms with E-state index < -0.39 is 0 Å². The quantitative estimate of drug-likeness (QED) is 0.599. The Balaban J connectivity index is 2.52. The van der Waals surface area contributed by atoms with Crippen molar-refractivity contribution in [2.75, 3.05) is 6.61 Å². The summed E-state index contributed by atoms with van der Waals surface area (Å²) in [6.45, 7) is 14.5. The number of aryl methyl sites for hydroxylation is 1. The number of nitrogens with zero attached hydrogens (tertiary/aromatic N) is 2. The third-order valence-corrected chi connectivity index (χ3v) is 5.37. The Morgan fingerprint density at radius 3 is 2.03 bits per heavy atom. The first-order chi connectivity index (χ1) is 13.8. The van der Waals surface area contributed by atoms with E-state index in [4.69, 9.17) is 5.41 Å². The van der Waals surface area contributed by atoms with Crippen LogP contribution in [0.2, 0.25) is 0 Å². The predicted molar refractivity (Wildman–Crippen MR) is 119 cm³/mol. The van der Waals surface area contributed by atoms with Gasteiger partial charge in [-0.25, -0.2) is 0 Å². The lowest BCUT2D eigenvalue weighted by atomic mass is 9.78. The van der Waals surface area contributed by atoms with Crippen molar-refractivity contribution in [2.24, 2.45) is 0 Å². The Morgan fingerprint density at radius 2 is 1.60 bits per heavy atom. The van der Waals surface area contributed by atoms with E-state index in [9.17, 15) is 15.0 Å². The van der Waals surface area contributed by atoms with E-state index in [2.05, 4.69) is 6.92 Å². The molecule has 0 atom stereocenters. The second kappa shape index (κ2) is 8.80. The molecular weight excluding hydrogens is 378 g/mol. The molecule has 0 aliphatic rings. The first kappa shape index (κ1) is 23.9. The van der Waals surface area contributed by atoms with E-state index in [-0.39, 0.29) is 41.1 Å². The smallest absolute Gasteiger partial charge is 0.202 e. The normalized spacial score (nSPS) is 12.4. The number of imidazole rings is 1. The molecule has 3 N–H and O–H groups in total. The summed E-state index contributed by atoms with van der Waals surface area (Å²) in [5, 5.41) is 28.7. The van der Waals surface area contributed by atoms with Gasteiger partial charge in [0.15, 0.2) is 5.78 Å². The number of carbonyl (C=O) groups is 1. The number of hydrogen-bond donors (Lipinski definition) is 3. The first-order valence-electron chi connectivity index (χ1n) is 10.7. The highest BCUT2D eigenvalue weighted by molar-refractivity contribution is 5.96. The summed E-state index contributed by atoms with van der Waals surface area (Å²) in [6, 6.07) is 3.57. The number of hydrogen-bond acceptors (Lipinski definition) is 4. The van der Waals surface area contributed by atoms with Crippen molar-refractivity contribution in [1.29, 1.82) is 5.41 Å². The molecule has 6 nitrogen and oxygen atoms in total. The molecule has 1 aromatic carbocycles. The molecular formula is C24H37N3O3. The topological polar surface area (TPSA) is 91.2 Å². The van der Waals surface area contributed by atoms with Crippen LogP contribution in [-0.4, -0.2) is 31.7 Å². The van der Waals surface area contributed by atoms with Crippen molar-refractivity contribution in [3.05, 3.63) is 46.3 Å². The van der Waals surface area contributed by atoms with Gasteiger partial charge in [-0.15, -0.1) is 0 Å². The fourth-order valence-corrected chi connectivity index (χ4v) is 3.71. The minimum atomic E-state index is -0.313. The molecule has 2 aromatic rings. The Bertz CT molecular complexity index is 934. The number of aliphatic hydroxyl groups is 1. The third-order valence-electron chi connectivity index (χ3n) is 5.37. The summed E-state index contributed by atoms with van der Waals surface area (Å²) in [7, 11) is 0. The summed E-state index contributed by atoms with van der Waals surface area (Å²) in [5.41, 5.74) is 2.58. The van der Waals surface area contributed by atoms with Gasteiger partial charge in [0.1, 0.15) is 5.75 Å². The second-order valence-corrected chi connectivity index (χ2v) is 10.0. The number of ketones is 1. The number of nitrogens with one attached hydrogen (secondary N) is 1. The van der Waals surface area contributed by atoms with E-state index in [1.807, 2.05) is 47.7 Å². The molecule has 0 saturated heterocycles. The highest BCUT2D eigenvalue weighted by Crippen LogP contribution is 2.39. The molecule has 0 radical (unpaired) electrons. The maximum Gasteiger partial charge on any atom is 0.202 e. The van der Waals surface area contributed by atoms with Crippen LogP contribution in [0.25, 0.3) is 0 Å². The van der Waals surface area contributed by atoms with Crippen LogP contribution in [-0.2, 0) is 30.3 Å². The molecule has 0 amide bonds. The lowest BCUT2D eigenvalue weighted by molar-refractivity contribution is 0.0969. The SMILES string of the molecule is CCCc1cn(CC(=O)c2cc(C(C)(C)C)c(O)c(C(C)(C)C)c2)c(=N)n1CCO. The minimum absolute atomic E-state index is 0.0475. The average molecular weight is 416 g/mol. The van der Waals surface area contributed by atoms with Crippen molar-refractivity contribution in [2.45, 2.75) is 85.2 Å². The number of aromatic nitrogens is 2. The number of phenols is 1. The van der Waals surface area contributed by atoms with Crippen molar-refractivity contribution in [3.63, 3.8) is 0 Å². The predicted octanol–water partition coefficient (Wildman–Crippen LogP) is 3.90. The van der Waals surface area contributed by atoms with E-state index >= 15 is 0 Å². The van der Waals surface area contributed by atoms with Crippen LogP contribution in [0.1, 0.15) is 82.1 Å². The van der Waals surface area contributed by atoms with Crippen molar-refractivity contribution >= 4 is 5.78 Å². The van der Waals surface area contributed by atoms with Crippen LogP contribution in [0.4, 0.5) is 0 Å². The van der Waals surface area contributed by atoms with Crippen LogP contribution in [0.5, 0.6) is 5.75 Å². The standard InChI is InChI=1S/C24H37N3O3/c1-8-9-17-14-26(22(25)27(17)10-11-28)15-20(29)16-12-18(23(2,3)4)21(30)19(13-16)24(5,6)7/h12-14,25,28,30H,8-11,15H2,1-7H3. The molecule has 0 aliphatic heterocycles. The summed E-state index contributed by atoms with van der Waals surface area (Å²) in [5.74, 6) is 0.147. The van der Waals surface area contributed by atoms with Crippen molar-refractivity contribution in [3.8, 4) is 5.75 Å². The molecule has 1 aromatic heterocycles. The number of aliphatic hydroxyl groups excluding tert-OH is 1. The molecule has 0 fully saturated rings. The van der Waals surface area contributed by atoms with Crippen molar-refractivity contribution < 1.29 is 15.0 Å². The molecule has 0 unspecified atom stereocenters. The molecule has 0 saturated carbocycles. The van der Waals surface area contributed by atoms with Crippen LogP contribution in [0.15, 0.2) is 18.3 Å². The Labute approximate surface area is 179 Å². The highest BCUT2D eigenvalue weighted by atomic mass is 16.3. The molecule has 2 rings (SSSR count). The number of rotatable bonds is 7. The summed E-state index contributed by atoms with van der Waals surface area (Å²) in [4.78, 5) is 13.2. The van der Waals surface area contributed by atoms with Gasteiger partial charge in [-0.05, 0) is 29.4 Å². The molecule has 30 heavy (non-hydrogen) atoms. The van der Waals surface area contributed by atoms with Crippen molar-refractivity contribution in [1.82, 2.24) is 9.13 Å². The zero-order chi connectivity index (χ0) is 22.9. The lowest BCUT2D eigenvalue weighted by Crippen LogP contribution is -2.29. The zero-order valence-electron chi connectivity index (χ0n) is 19.5. The maximum absolute atomic E-state index is 13.2. The molecule has 1 heterocycles. The van der Waals surface area contributed by atoms with E-state index in [1.54, 1.807) is 21.3 Å². The number of phenolic OH excluding ortho intramolecular Hbond substituents is 1. The van der Waals surface area contributed by atoms with Gasteiger partial charge in [-0.1, -0.05) is 54.9 Å². The molecule has 0 aliphatic carbocycles. The number of aromatic hydroxyl groups is 1. The maximum atomic E-state index is 13.2. The number of carbonyl (C=O) groups excluding carboxylic acids is 1. The van der Waals surface area contributed by atoms with Gasteiger partial charge < -0.3 is 19.3 Å². The van der Waals surface area contributed by atoms with Gasteiger partial charge in [0.2, 0.25) is 5.62 Å². The largest absolute Gasteiger partial charge is 0.507 e. The van der Waals surface area contributed by atoms with Crippen LogP contribution in [0.3, 0.4) is 0 Å². The Morgan fingerprint density at radius 1 is 1.07 bits per heavy atom. The van der Waals surface area contributed by atoms with E-state index in [0.29, 0.717) is 12.1 Å². The van der Waals surface area contributed by atoms with Crippen LogP contribution < -0.4 is 5.62 Å². The molecule has 0 spiro atoms. The summed E-state index contributed by atoms with van der Waals surface area (Å²) >= 11 is 0. The van der Waals surface area contributed by atoms with Crippen LogP contribution in [0, 0.1) is 5.41 Å². The second-order valence-electron chi connectivity index (χ2n) is 10.0. The Hall–Kier alpha value is -2.34. The molecule has 6 heteroatoms. The summed E-state index contributed by atoms with van der Waals surface area (Å²) in [6.07, 6.45) is 3.55. The van der Waals surface area contributed by atoms with Gasteiger partial charge in [0.25, 0.3) is 0 Å². The Kier molecular flexibility index (Phi) is 7.02. The fraction of sp³-hybridized carbons (Fsp3) is 0.583. The lowest BCUT2D eigenvalue weighted by Gasteiger charge is -2.28. The molecule has 166 valence electrons. The average Bonchev–Trinajstić information content (AvgIpc) is 2.89. The van der Waals surface area contributed by atoms with Crippen LogP contribution >= 0.6 is 0 Å². The molecule has 0 bridgehead atoms. The first-order valence-corrected chi connectivity index (χ1v) is 10.7. The fourth-order valence-electron chi connectivity index (χ4n) is 3.71. The highest BCUT2D eigenvalue weighted by Gasteiger charge is 2.28. The monoisotopic (exact) mass is 415 g/mol. The minimum Gasteiger partial charge on any atom is -0.507 e. The zero-order valence-corrected chi connectivity index (χ0v) is 19.5. The van der Waals surface area contributed by atoms with E-state index in [0.717, 1.165) is 29.7 Å². The third kappa shape index (κ3) is 5.04. The van der Waals surface area contributed by atoms with Gasteiger partial charge in [0, 0.05) is 35.1 Å². The number of Topliss-reactive ketones (excluding diaryl/α,β-unsaturated/α-hetero) is 1. The number of benzene rings is 1. The summed E-state index contributed by atoms with van der Waals surface area (Å²) < 4.78 is 3.40. The van der Waals surface area contributed by atoms with Gasteiger partial charge in [0.05, 0.1) is 13.2 Å².